The summed E-state index contributed by atoms with van der Waals surface area (Å²) in [5.41, 5.74) is 6.77. The van der Waals surface area contributed by atoms with Crippen LogP contribution in [0.5, 0.6) is 0 Å². The Morgan fingerprint density at radius 2 is 1.95 bits per heavy atom. The monoisotopic (exact) mass is 270 g/mol. The van der Waals surface area contributed by atoms with Crippen LogP contribution in [0.25, 0.3) is 0 Å². The fraction of sp³-hybridized carbons (Fsp3) is 1.00. The van der Waals surface area contributed by atoms with Crippen LogP contribution in [0, 0.1) is 11.3 Å². The molecule has 3 heteroatoms. The smallest absolute Gasteiger partial charge is 0.0589 e. The molecule has 0 amide bonds. The van der Waals surface area contributed by atoms with Crippen molar-refractivity contribution in [2.45, 2.75) is 65.5 Å². The van der Waals surface area contributed by atoms with Crippen molar-refractivity contribution >= 4 is 0 Å². The zero-order valence-electron chi connectivity index (χ0n) is 13.6. The van der Waals surface area contributed by atoms with E-state index in [1.54, 1.807) is 7.11 Å². The van der Waals surface area contributed by atoms with Gasteiger partial charge in [-0.25, -0.2) is 0 Å². The maximum atomic E-state index is 6.46. The van der Waals surface area contributed by atoms with E-state index in [0.717, 1.165) is 19.7 Å². The van der Waals surface area contributed by atoms with E-state index in [9.17, 15) is 0 Å². The molecule has 0 aliphatic heterocycles. The zero-order chi connectivity index (χ0) is 14.5. The second kappa shape index (κ2) is 7.61. The number of nitrogens with two attached hydrogens (primary N) is 1. The largest absolute Gasteiger partial charge is 0.383 e. The molecule has 1 fully saturated rings. The van der Waals surface area contributed by atoms with Crippen molar-refractivity contribution in [2.24, 2.45) is 17.1 Å². The van der Waals surface area contributed by atoms with E-state index in [0.29, 0.717) is 23.4 Å². The van der Waals surface area contributed by atoms with Crippen molar-refractivity contribution < 1.29 is 4.74 Å². The van der Waals surface area contributed by atoms with Gasteiger partial charge in [-0.1, -0.05) is 27.7 Å². The van der Waals surface area contributed by atoms with Gasteiger partial charge in [-0.2, -0.15) is 0 Å². The Hall–Kier alpha value is -0.120. The van der Waals surface area contributed by atoms with Crippen LogP contribution in [-0.2, 0) is 4.74 Å². The van der Waals surface area contributed by atoms with Crippen LogP contribution in [0.1, 0.15) is 53.4 Å². The van der Waals surface area contributed by atoms with Gasteiger partial charge in [0.05, 0.1) is 6.61 Å². The van der Waals surface area contributed by atoms with Crippen molar-refractivity contribution in [1.29, 1.82) is 0 Å². The van der Waals surface area contributed by atoms with Gasteiger partial charge in [0.15, 0.2) is 0 Å². The summed E-state index contributed by atoms with van der Waals surface area (Å²) in [7, 11) is 1.79. The average molecular weight is 270 g/mol. The summed E-state index contributed by atoms with van der Waals surface area (Å²) in [5.74, 6) is 0.646. The van der Waals surface area contributed by atoms with Gasteiger partial charge in [-0.3, -0.25) is 4.90 Å². The summed E-state index contributed by atoms with van der Waals surface area (Å²) in [5, 5.41) is 0. The molecular weight excluding hydrogens is 236 g/mol. The Morgan fingerprint density at radius 1 is 1.32 bits per heavy atom. The summed E-state index contributed by atoms with van der Waals surface area (Å²) in [4.78, 5) is 2.61. The number of hydrogen-bond donors (Lipinski definition) is 1. The fourth-order valence-electron chi connectivity index (χ4n) is 3.48. The maximum absolute atomic E-state index is 6.46. The molecule has 2 atom stereocenters. The summed E-state index contributed by atoms with van der Waals surface area (Å²) in [6, 6.07) is 1.01. The molecule has 0 heterocycles. The third-order valence-electron chi connectivity index (χ3n) is 5.08. The Bertz CT molecular complexity index is 251. The molecule has 2 unspecified atom stereocenters. The summed E-state index contributed by atoms with van der Waals surface area (Å²) >= 11 is 0. The molecule has 114 valence electrons. The minimum Gasteiger partial charge on any atom is -0.383 e. The minimum absolute atomic E-state index is 0.311. The van der Waals surface area contributed by atoms with Crippen LogP contribution in [0.4, 0.5) is 0 Å². The number of ether oxygens (including phenoxy) is 1. The standard InChI is InChI=1S/C16H34N2O/c1-6-14(7-2)18(10-11-19-5)12-13-8-9-16(3,4)15(13)17/h13-15H,6-12,17H2,1-5H3. The number of methoxy groups -OCH3 is 1. The molecular formula is C16H34N2O. The molecule has 0 saturated heterocycles. The molecule has 1 aliphatic carbocycles. The van der Waals surface area contributed by atoms with Crippen molar-refractivity contribution in [3.63, 3.8) is 0 Å². The zero-order valence-corrected chi connectivity index (χ0v) is 13.6. The van der Waals surface area contributed by atoms with Crippen LogP contribution in [0.3, 0.4) is 0 Å². The second-order valence-corrected chi connectivity index (χ2v) is 6.77. The van der Waals surface area contributed by atoms with Gasteiger partial charge < -0.3 is 10.5 Å². The van der Waals surface area contributed by atoms with E-state index in [4.69, 9.17) is 10.5 Å². The van der Waals surface area contributed by atoms with Crippen molar-refractivity contribution in [1.82, 2.24) is 4.90 Å². The number of hydrogen-bond acceptors (Lipinski definition) is 3. The van der Waals surface area contributed by atoms with Gasteiger partial charge in [-0.15, -0.1) is 0 Å². The molecule has 0 aromatic heterocycles. The van der Waals surface area contributed by atoms with Gasteiger partial charge in [0.2, 0.25) is 0 Å². The maximum Gasteiger partial charge on any atom is 0.0589 e. The van der Waals surface area contributed by atoms with Gasteiger partial charge in [0.25, 0.3) is 0 Å². The van der Waals surface area contributed by atoms with E-state index < -0.39 is 0 Å². The molecule has 3 nitrogen and oxygen atoms in total. The Kier molecular flexibility index (Phi) is 6.78. The Balaban J connectivity index is 2.61. The molecule has 0 aromatic carbocycles. The minimum atomic E-state index is 0.311. The Morgan fingerprint density at radius 3 is 2.37 bits per heavy atom. The average Bonchev–Trinajstić information content (AvgIpc) is 2.64. The normalized spacial score (nSPS) is 26.5. The molecule has 1 saturated carbocycles. The highest BCUT2D eigenvalue weighted by atomic mass is 16.5. The molecule has 0 aromatic rings. The topological polar surface area (TPSA) is 38.5 Å². The SMILES string of the molecule is CCC(CC)N(CCOC)CC1CCC(C)(C)C1N. The molecule has 0 spiro atoms. The van der Waals surface area contributed by atoms with Gasteiger partial charge in [0.1, 0.15) is 0 Å². The van der Waals surface area contributed by atoms with E-state index in [-0.39, 0.29) is 0 Å². The highest BCUT2D eigenvalue weighted by Gasteiger charge is 2.40. The Labute approximate surface area is 119 Å². The first-order valence-electron chi connectivity index (χ1n) is 7.94. The van der Waals surface area contributed by atoms with E-state index in [1.807, 2.05) is 0 Å². The lowest BCUT2D eigenvalue weighted by Gasteiger charge is -2.35. The first-order chi connectivity index (χ1) is 8.96. The van der Waals surface area contributed by atoms with E-state index in [2.05, 4.69) is 32.6 Å². The van der Waals surface area contributed by atoms with Crippen LogP contribution >= 0.6 is 0 Å². The van der Waals surface area contributed by atoms with Crippen LogP contribution in [0.2, 0.25) is 0 Å². The quantitative estimate of drug-likeness (QED) is 0.737. The van der Waals surface area contributed by atoms with E-state index in [1.165, 1.54) is 25.7 Å². The molecule has 2 N–H and O–H groups in total. The molecule has 0 radical (unpaired) electrons. The van der Waals surface area contributed by atoms with Crippen molar-refractivity contribution in [2.75, 3.05) is 26.8 Å². The lowest BCUT2D eigenvalue weighted by molar-refractivity contribution is 0.0965. The van der Waals surface area contributed by atoms with Crippen molar-refractivity contribution in [3.8, 4) is 0 Å². The summed E-state index contributed by atoms with van der Waals surface area (Å²) in [6.07, 6.45) is 4.97. The lowest BCUT2D eigenvalue weighted by Crippen LogP contribution is -2.46. The summed E-state index contributed by atoms with van der Waals surface area (Å²) < 4.78 is 5.27. The third kappa shape index (κ3) is 4.44. The van der Waals surface area contributed by atoms with Gasteiger partial charge in [-0.05, 0) is 37.0 Å². The van der Waals surface area contributed by atoms with Crippen LogP contribution in [-0.4, -0.2) is 43.8 Å². The predicted molar refractivity (Wildman–Crippen MR) is 82.3 cm³/mol. The highest BCUT2D eigenvalue weighted by Crippen LogP contribution is 2.40. The van der Waals surface area contributed by atoms with Crippen LogP contribution < -0.4 is 5.73 Å². The first kappa shape index (κ1) is 16.9. The molecule has 1 rings (SSSR count). The van der Waals surface area contributed by atoms with E-state index >= 15 is 0 Å². The number of rotatable bonds is 8. The third-order valence-corrected chi connectivity index (χ3v) is 5.08. The van der Waals surface area contributed by atoms with Crippen LogP contribution in [0.15, 0.2) is 0 Å². The molecule has 1 aliphatic rings. The number of nitrogens with zero attached hydrogens (tertiary/aromatic N) is 1. The summed E-state index contributed by atoms with van der Waals surface area (Å²) in [6.45, 7) is 12.2. The first-order valence-corrected chi connectivity index (χ1v) is 7.94. The fourth-order valence-corrected chi connectivity index (χ4v) is 3.48. The highest BCUT2D eigenvalue weighted by molar-refractivity contribution is 4.95. The van der Waals surface area contributed by atoms with Crippen molar-refractivity contribution in [3.05, 3.63) is 0 Å². The molecule has 0 bridgehead atoms. The van der Waals surface area contributed by atoms with Gasteiger partial charge in [0, 0.05) is 32.3 Å². The molecule has 19 heavy (non-hydrogen) atoms. The predicted octanol–water partition coefficient (Wildman–Crippen LogP) is 2.89. The van der Waals surface area contributed by atoms with Gasteiger partial charge >= 0.3 is 0 Å². The lowest BCUT2D eigenvalue weighted by atomic mass is 9.85. The second-order valence-electron chi connectivity index (χ2n) is 6.77.